The fourth-order valence-corrected chi connectivity index (χ4v) is 5.04. The van der Waals surface area contributed by atoms with E-state index in [0.29, 0.717) is 18.4 Å². The van der Waals surface area contributed by atoms with E-state index in [9.17, 15) is 4.79 Å². The first-order valence-corrected chi connectivity index (χ1v) is 8.06. The fourth-order valence-electron chi connectivity index (χ4n) is 4.62. The minimum Gasteiger partial charge on any atom is -0.352 e. The SMILES string of the molecule is O=C(NCc1ccccc1Br)C1C2C3CCC(C3)C12. The van der Waals surface area contributed by atoms with Crippen molar-refractivity contribution in [2.24, 2.45) is 29.6 Å². The zero-order chi connectivity index (χ0) is 13.0. The molecule has 19 heavy (non-hydrogen) atoms. The van der Waals surface area contributed by atoms with Crippen LogP contribution in [-0.2, 0) is 11.3 Å². The van der Waals surface area contributed by atoms with Gasteiger partial charge in [0.15, 0.2) is 0 Å². The lowest BCUT2D eigenvalue weighted by atomic mass is 10.0. The highest BCUT2D eigenvalue weighted by atomic mass is 79.9. The molecule has 3 heteroatoms. The molecule has 3 fully saturated rings. The van der Waals surface area contributed by atoms with Crippen molar-refractivity contribution in [1.29, 1.82) is 0 Å². The number of hydrogen-bond donors (Lipinski definition) is 1. The molecular formula is C16H18BrNO. The second-order valence-corrected chi connectivity index (χ2v) is 7.18. The summed E-state index contributed by atoms with van der Waals surface area (Å²) < 4.78 is 1.08. The molecule has 1 N–H and O–H groups in total. The van der Waals surface area contributed by atoms with E-state index in [0.717, 1.165) is 33.7 Å². The molecule has 4 rings (SSSR count). The van der Waals surface area contributed by atoms with Crippen LogP contribution >= 0.6 is 15.9 Å². The second-order valence-electron chi connectivity index (χ2n) is 6.32. The van der Waals surface area contributed by atoms with Gasteiger partial charge in [0.1, 0.15) is 0 Å². The van der Waals surface area contributed by atoms with Crippen molar-refractivity contribution in [1.82, 2.24) is 5.32 Å². The van der Waals surface area contributed by atoms with Crippen molar-refractivity contribution in [2.45, 2.75) is 25.8 Å². The molecule has 100 valence electrons. The van der Waals surface area contributed by atoms with Crippen LogP contribution in [0.2, 0.25) is 0 Å². The van der Waals surface area contributed by atoms with Gasteiger partial charge in [-0.25, -0.2) is 0 Å². The predicted molar refractivity (Wildman–Crippen MR) is 77.3 cm³/mol. The molecule has 0 radical (unpaired) electrons. The summed E-state index contributed by atoms with van der Waals surface area (Å²) in [5.74, 6) is 3.84. The number of nitrogens with one attached hydrogen (secondary N) is 1. The van der Waals surface area contributed by atoms with Gasteiger partial charge in [-0.2, -0.15) is 0 Å². The molecular weight excluding hydrogens is 302 g/mol. The average Bonchev–Trinajstić information content (AvgIpc) is 2.86. The fraction of sp³-hybridized carbons (Fsp3) is 0.562. The first-order chi connectivity index (χ1) is 9.25. The predicted octanol–water partition coefficient (Wildman–Crippen LogP) is 3.36. The van der Waals surface area contributed by atoms with Crippen LogP contribution in [0.5, 0.6) is 0 Å². The van der Waals surface area contributed by atoms with Crippen LogP contribution in [-0.4, -0.2) is 5.91 Å². The normalized spacial score (nSPS) is 38.1. The van der Waals surface area contributed by atoms with Crippen LogP contribution in [0.15, 0.2) is 28.7 Å². The Morgan fingerprint density at radius 2 is 1.89 bits per heavy atom. The number of hydrogen-bond acceptors (Lipinski definition) is 1. The maximum absolute atomic E-state index is 12.3. The number of carbonyl (C=O) groups excluding carboxylic acids is 1. The van der Waals surface area contributed by atoms with Crippen LogP contribution in [0.4, 0.5) is 0 Å². The number of amides is 1. The standard InChI is InChI=1S/C16H18BrNO/c17-12-4-2-1-3-11(12)8-18-16(19)15-13-9-5-6-10(7-9)14(13)15/h1-4,9-10,13-15H,5-8H2,(H,18,19). The van der Waals surface area contributed by atoms with Gasteiger partial charge >= 0.3 is 0 Å². The summed E-state index contributed by atoms with van der Waals surface area (Å²) in [6, 6.07) is 8.09. The summed E-state index contributed by atoms with van der Waals surface area (Å²) in [6.45, 7) is 0.644. The molecule has 0 spiro atoms. The van der Waals surface area contributed by atoms with Gasteiger partial charge in [0.05, 0.1) is 0 Å². The summed E-state index contributed by atoms with van der Waals surface area (Å²) in [7, 11) is 0. The topological polar surface area (TPSA) is 29.1 Å². The first-order valence-electron chi connectivity index (χ1n) is 7.27. The van der Waals surface area contributed by atoms with E-state index in [1.54, 1.807) is 0 Å². The molecule has 1 aromatic carbocycles. The van der Waals surface area contributed by atoms with Crippen LogP contribution in [0.1, 0.15) is 24.8 Å². The molecule has 4 unspecified atom stereocenters. The summed E-state index contributed by atoms with van der Waals surface area (Å²) >= 11 is 3.53. The lowest BCUT2D eigenvalue weighted by molar-refractivity contribution is -0.123. The Bertz CT molecular complexity index is 513. The molecule has 3 aliphatic rings. The van der Waals surface area contributed by atoms with Crippen molar-refractivity contribution >= 4 is 21.8 Å². The van der Waals surface area contributed by atoms with Gasteiger partial charge in [-0.3, -0.25) is 4.79 Å². The summed E-state index contributed by atoms with van der Waals surface area (Å²) in [5.41, 5.74) is 1.16. The Morgan fingerprint density at radius 1 is 1.21 bits per heavy atom. The van der Waals surface area contributed by atoms with Crippen molar-refractivity contribution < 1.29 is 4.79 Å². The highest BCUT2D eigenvalue weighted by Gasteiger charge is 2.67. The Balaban J connectivity index is 1.38. The van der Waals surface area contributed by atoms with Gasteiger partial charge in [-0.15, -0.1) is 0 Å². The molecule has 0 heterocycles. The molecule has 3 aliphatic carbocycles. The number of fused-ring (bicyclic) bond motifs is 5. The lowest BCUT2D eigenvalue weighted by Gasteiger charge is -2.10. The van der Waals surface area contributed by atoms with E-state index in [1.807, 2.05) is 18.2 Å². The van der Waals surface area contributed by atoms with Gasteiger partial charge in [0.2, 0.25) is 5.91 Å². The molecule has 2 nitrogen and oxygen atoms in total. The molecule has 0 aliphatic heterocycles. The zero-order valence-corrected chi connectivity index (χ0v) is 12.4. The quantitative estimate of drug-likeness (QED) is 0.909. The molecule has 1 amide bonds. The van der Waals surface area contributed by atoms with E-state index in [2.05, 4.69) is 27.3 Å². The lowest BCUT2D eigenvalue weighted by Crippen LogP contribution is -2.27. The highest BCUT2D eigenvalue weighted by Crippen LogP contribution is 2.69. The van der Waals surface area contributed by atoms with Gasteiger partial charge in [-0.1, -0.05) is 34.1 Å². The van der Waals surface area contributed by atoms with Crippen LogP contribution in [0, 0.1) is 29.6 Å². The van der Waals surface area contributed by atoms with Gasteiger partial charge in [0.25, 0.3) is 0 Å². The Morgan fingerprint density at radius 3 is 2.58 bits per heavy atom. The molecule has 1 aromatic rings. The van der Waals surface area contributed by atoms with Crippen molar-refractivity contribution in [3.8, 4) is 0 Å². The van der Waals surface area contributed by atoms with E-state index in [4.69, 9.17) is 0 Å². The molecule has 0 aromatic heterocycles. The largest absolute Gasteiger partial charge is 0.352 e. The number of rotatable bonds is 3. The second kappa shape index (κ2) is 4.34. The minimum absolute atomic E-state index is 0.294. The molecule has 4 atom stereocenters. The smallest absolute Gasteiger partial charge is 0.223 e. The van der Waals surface area contributed by atoms with Crippen molar-refractivity contribution in [2.75, 3.05) is 0 Å². The monoisotopic (exact) mass is 319 g/mol. The zero-order valence-electron chi connectivity index (χ0n) is 10.8. The number of benzene rings is 1. The van der Waals surface area contributed by atoms with E-state index >= 15 is 0 Å². The Labute approximate surface area is 122 Å². The van der Waals surface area contributed by atoms with Crippen LogP contribution in [0.25, 0.3) is 0 Å². The minimum atomic E-state index is 0.294. The first kappa shape index (κ1) is 12.0. The van der Waals surface area contributed by atoms with Crippen molar-refractivity contribution in [3.05, 3.63) is 34.3 Å². The van der Waals surface area contributed by atoms with Gasteiger partial charge < -0.3 is 5.32 Å². The summed E-state index contributed by atoms with van der Waals surface area (Å²) in [5, 5.41) is 3.13. The number of halogens is 1. The Kier molecular flexibility index (Phi) is 2.73. The third kappa shape index (κ3) is 1.85. The molecule has 3 saturated carbocycles. The van der Waals surface area contributed by atoms with E-state index in [-0.39, 0.29) is 0 Å². The summed E-state index contributed by atoms with van der Waals surface area (Å²) in [4.78, 5) is 12.3. The van der Waals surface area contributed by atoms with Crippen molar-refractivity contribution in [3.63, 3.8) is 0 Å². The highest BCUT2D eigenvalue weighted by molar-refractivity contribution is 9.10. The van der Waals surface area contributed by atoms with Gasteiger partial charge in [0, 0.05) is 16.9 Å². The third-order valence-electron chi connectivity index (χ3n) is 5.45. The Hall–Kier alpha value is -0.830. The third-order valence-corrected chi connectivity index (χ3v) is 6.22. The number of carbonyl (C=O) groups is 1. The molecule has 0 saturated heterocycles. The maximum atomic E-state index is 12.3. The molecule has 2 bridgehead atoms. The van der Waals surface area contributed by atoms with Crippen LogP contribution < -0.4 is 5.32 Å². The van der Waals surface area contributed by atoms with E-state index < -0.39 is 0 Å². The van der Waals surface area contributed by atoms with Crippen LogP contribution in [0.3, 0.4) is 0 Å². The van der Waals surface area contributed by atoms with E-state index in [1.165, 1.54) is 19.3 Å². The van der Waals surface area contributed by atoms with Gasteiger partial charge in [-0.05, 0) is 54.6 Å². The summed E-state index contributed by atoms with van der Waals surface area (Å²) in [6.07, 6.45) is 4.16. The average molecular weight is 320 g/mol. The maximum Gasteiger partial charge on any atom is 0.223 e.